The molecule has 0 aliphatic carbocycles. The summed E-state index contributed by atoms with van der Waals surface area (Å²) < 4.78 is 3.78. The second kappa shape index (κ2) is 5.75. The summed E-state index contributed by atoms with van der Waals surface area (Å²) in [5.74, 6) is 0. The van der Waals surface area contributed by atoms with Crippen molar-refractivity contribution in [2.24, 2.45) is 7.05 Å². The molecule has 6 heteroatoms. The largest absolute Gasteiger partial charge is 0.313 e. The molecule has 2 heterocycles. The number of hydrogen-bond acceptors (Lipinski definition) is 3. The highest BCUT2D eigenvalue weighted by molar-refractivity contribution is 6.31. The fourth-order valence-electron chi connectivity index (χ4n) is 2.26. The van der Waals surface area contributed by atoms with Gasteiger partial charge in [-0.3, -0.25) is 9.36 Å². The summed E-state index contributed by atoms with van der Waals surface area (Å²) in [4.78, 5) is 0. The van der Waals surface area contributed by atoms with E-state index in [1.807, 2.05) is 42.8 Å². The zero-order chi connectivity index (χ0) is 14.0. The molecule has 104 valence electrons. The van der Waals surface area contributed by atoms with Crippen LogP contribution in [-0.4, -0.2) is 26.6 Å². The first-order valence-corrected chi connectivity index (χ1v) is 6.82. The van der Waals surface area contributed by atoms with Crippen molar-refractivity contribution >= 4 is 11.6 Å². The Balaban J connectivity index is 2.28. The van der Waals surface area contributed by atoms with Crippen LogP contribution in [0.5, 0.6) is 0 Å². The van der Waals surface area contributed by atoms with E-state index in [0.717, 1.165) is 34.9 Å². The van der Waals surface area contributed by atoms with Crippen molar-refractivity contribution < 1.29 is 0 Å². The van der Waals surface area contributed by atoms with Gasteiger partial charge in [0, 0.05) is 37.8 Å². The molecule has 2 aromatic heterocycles. The van der Waals surface area contributed by atoms with Crippen LogP contribution in [0, 0.1) is 6.92 Å². The molecule has 0 spiro atoms. The molecule has 0 aliphatic rings. The number of aromatic nitrogens is 4. The van der Waals surface area contributed by atoms with E-state index in [2.05, 4.69) is 22.4 Å². The van der Waals surface area contributed by atoms with Crippen LogP contribution in [0.25, 0.3) is 0 Å². The minimum atomic E-state index is 0.188. The van der Waals surface area contributed by atoms with Gasteiger partial charge in [0.25, 0.3) is 0 Å². The third-order valence-electron chi connectivity index (χ3n) is 3.33. The molecule has 0 bridgehead atoms. The van der Waals surface area contributed by atoms with E-state index in [4.69, 9.17) is 11.6 Å². The maximum atomic E-state index is 6.35. The van der Waals surface area contributed by atoms with Gasteiger partial charge in [-0.15, -0.1) is 0 Å². The summed E-state index contributed by atoms with van der Waals surface area (Å²) in [6.07, 6.45) is 4.71. The van der Waals surface area contributed by atoms with Crippen LogP contribution in [0.1, 0.15) is 29.9 Å². The van der Waals surface area contributed by atoms with E-state index in [1.54, 1.807) is 0 Å². The number of nitrogens with zero attached hydrogens (tertiary/aromatic N) is 4. The third kappa shape index (κ3) is 2.82. The quantitative estimate of drug-likeness (QED) is 0.913. The first-order valence-electron chi connectivity index (χ1n) is 6.44. The van der Waals surface area contributed by atoms with Crippen LogP contribution < -0.4 is 5.32 Å². The first kappa shape index (κ1) is 14.1. The Morgan fingerprint density at radius 3 is 2.74 bits per heavy atom. The molecular formula is C13H20ClN5. The highest BCUT2D eigenvalue weighted by Crippen LogP contribution is 2.25. The van der Waals surface area contributed by atoms with Crippen molar-refractivity contribution in [3.8, 4) is 0 Å². The lowest BCUT2D eigenvalue weighted by Gasteiger charge is -2.15. The van der Waals surface area contributed by atoms with Gasteiger partial charge in [0.05, 0.1) is 22.6 Å². The molecule has 0 fully saturated rings. The van der Waals surface area contributed by atoms with Crippen molar-refractivity contribution in [1.29, 1.82) is 0 Å². The molecule has 1 N–H and O–H groups in total. The Morgan fingerprint density at radius 2 is 2.21 bits per heavy atom. The number of rotatable bonds is 5. The van der Waals surface area contributed by atoms with E-state index in [9.17, 15) is 0 Å². The van der Waals surface area contributed by atoms with Gasteiger partial charge in [-0.25, -0.2) is 0 Å². The maximum Gasteiger partial charge on any atom is 0.0847 e. The maximum absolute atomic E-state index is 6.35. The van der Waals surface area contributed by atoms with Gasteiger partial charge in [-0.05, 0) is 20.9 Å². The Morgan fingerprint density at radius 1 is 1.47 bits per heavy atom. The zero-order valence-corrected chi connectivity index (χ0v) is 12.6. The van der Waals surface area contributed by atoms with Crippen molar-refractivity contribution in [3.05, 3.63) is 34.4 Å². The summed E-state index contributed by atoms with van der Waals surface area (Å²) in [5, 5.41) is 12.8. The van der Waals surface area contributed by atoms with Gasteiger partial charge in [0.1, 0.15) is 0 Å². The Hall–Kier alpha value is -1.33. The lowest BCUT2D eigenvalue weighted by atomic mass is 10.1. The van der Waals surface area contributed by atoms with E-state index in [0.29, 0.717) is 0 Å². The fraction of sp³-hybridized carbons (Fsp3) is 0.538. The molecule has 5 nitrogen and oxygen atoms in total. The van der Waals surface area contributed by atoms with Crippen LogP contribution in [0.15, 0.2) is 12.4 Å². The highest BCUT2D eigenvalue weighted by atomic mass is 35.5. The SMILES string of the molecule is CCn1nc(C)c(Cl)c1CC(NC)c1cnn(C)c1. The van der Waals surface area contributed by atoms with Crippen LogP contribution in [0.4, 0.5) is 0 Å². The number of halogens is 1. The van der Waals surface area contributed by atoms with Crippen molar-refractivity contribution in [1.82, 2.24) is 24.9 Å². The van der Waals surface area contributed by atoms with Crippen LogP contribution >= 0.6 is 11.6 Å². The number of hydrogen-bond donors (Lipinski definition) is 1. The van der Waals surface area contributed by atoms with Crippen molar-refractivity contribution in [2.45, 2.75) is 32.9 Å². The second-order valence-electron chi connectivity index (χ2n) is 4.65. The predicted octanol–water partition coefficient (Wildman–Crippen LogP) is 2.10. The smallest absolute Gasteiger partial charge is 0.0847 e. The van der Waals surface area contributed by atoms with E-state index >= 15 is 0 Å². The molecule has 0 saturated heterocycles. The molecule has 2 aromatic rings. The Labute approximate surface area is 118 Å². The molecule has 0 aromatic carbocycles. The molecule has 2 rings (SSSR count). The van der Waals surface area contributed by atoms with Crippen molar-refractivity contribution in [2.75, 3.05) is 7.05 Å². The normalized spacial score (nSPS) is 12.9. The molecular weight excluding hydrogens is 262 g/mol. The molecule has 0 saturated carbocycles. The minimum absolute atomic E-state index is 0.188. The minimum Gasteiger partial charge on any atom is -0.313 e. The monoisotopic (exact) mass is 281 g/mol. The van der Waals surface area contributed by atoms with E-state index in [1.165, 1.54) is 0 Å². The lowest BCUT2D eigenvalue weighted by Crippen LogP contribution is -2.20. The topological polar surface area (TPSA) is 47.7 Å². The summed E-state index contributed by atoms with van der Waals surface area (Å²) in [6, 6.07) is 0.188. The molecule has 1 atom stereocenters. The summed E-state index contributed by atoms with van der Waals surface area (Å²) in [5.41, 5.74) is 3.12. The standard InChI is InChI=1S/C13H20ClN5/c1-5-19-12(13(14)9(2)17-19)6-11(15-3)10-7-16-18(4)8-10/h7-8,11,15H,5-6H2,1-4H3. The number of nitrogens with one attached hydrogen (secondary N) is 1. The van der Waals surface area contributed by atoms with Gasteiger partial charge >= 0.3 is 0 Å². The fourth-order valence-corrected chi connectivity index (χ4v) is 2.48. The Kier molecular flexibility index (Phi) is 4.27. The molecule has 0 radical (unpaired) electrons. The first-order chi connectivity index (χ1) is 9.06. The predicted molar refractivity (Wildman–Crippen MR) is 76.4 cm³/mol. The van der Waals surface area contributed by atoms with Crippen LogP contribution in [0.2, 0.25) is 5.02 Å². The Bertz CT molecular complexity index is 557. The van der Waals surface area contributed by atoms with Gasteiger partial charge < -0.3 is 5.32 Å². The van der Waals surface area contributed by atoms with Gasteiger partial charge in [0.15, 0.2) is 0 Å². The second-order valence-corrected chi connectivity index (χ2v) is 5.03. The lowest BCUT2D eigenvalue weighted by molar-refractivity contribution is 0.541. The van der Waals surface area contributed by atoms with E-state index < -0.39 is 0 Å². The molecule has 0 amide bonds. The third-order valence-corrected chi connectivity index (χ3v) is 3.82. The van der Waals surface area contributed by atoms with E-state index in [-0.39, 0.29) is 6.04 Å². The highest BCUT2D eigenvalue weighted by Gasteiger charge is 2.19. The van der Waals surface area contributed by atoms with Crippen molar-refractivity contribution in [3.63, 3.8) is 0 Å². The summed E-state index contributed by atoms with van der Waals surface area (Å²) in [6.45, 7) is 4.84. The van der Waals surface area contributed by atoms with Crippen LogP contribution in [0.3, 0.4) is 0 Å². The zero-order valence-electron chi connectivity index (χ0n) is 11.8. The van der Waals surface area contributed by atoms with Crippen LogP contribution in [-0.2, 0) is 20.0 Å². The molecule has 1 unspecified atom stereocenters. The number of likely N-dealkylation sites (N-methyl/N-ethyl adjacent to an activating group) is 1. The molecule has 0 aliphatic heterocycles. The summed E-state index contributed by atoms with van der Waals surface area (Å²) >= 11 is 6.35. The number of aryl methyl sites for hydroxylation is 3. The average Bonchev–Trinajstić information content (AvgIpc) is 2.93. The van der Waals surface area contributed by atoms with Gasteiger partial charge in [-0.2, -0.15) is 10.2 Å². The van der Waals surface area contributed by atoms with Gasteiger partial charge in [0.2, 0.25) is 0 Å². The van der Waals surface area contributed by atoms with Gasteiger partial charge in [-0.1, -0.05) is 11.6 Å². The molecule has 19 heavy (non-hydrogen) atoms. The average molecular weight is 282 g/mol. The summed E-state index contributed by atoms with van der Waals surface area (Å²) in [7, 11) is 3.87.